The minimum atomic E-state index is -4.46. The van der Waals surface area contributed by atoms with E-state index in [0.29, 0.717) is 17.0 Å². The molecule has 3 aromatic heterocycles. The van der Waals surface area contributed by atoms with Gasteiger partial charge < -0.3 is 4.90 Å². The van der Waals surface area contributed by atoms with Crippen molar-refractivity contribution in [3.8, 4) is 0 Å². The highest BCUT2D eigenvalue weighted by atomic mass is 19.4. The molecule has 3 heterocycles. The second-order valence-corrected chi connectivity index (χ2v) is 6.02. The van der Waals surface area contributed by atoms with Crippen LogP contribution in [0.2, 0.25) is 0 Å². The first-order valence-electron chi connectivity index (χ1n) is 7.93. The zero-order valence-corrected chi connectivity index (χ0v) is 14.5. The van der Waals surface area contributed by atoms with Crippen LogP contribution in [0.4, 0.5) is 13.2 Å². The molecule has 0 saturated carbocycles. The number of halogens is 3. The number of hydrogen-bond donors (Lipinski definition) is 0. The molecule has 0 aliphatic rings. The Morgan fingerprint density at radius 1 is 1.19 bits per heavy atom. The van der Waals surface area contributed by atoms with E-state index >= 15 is 0 Å². The highest BCUT2D eigenvalue weighted by Crippen LogP contribution is 2.28. The van der Waals surface area contributed by atoms with Gasteiger partial charge in [-0.3, -0.25) is 19.0 Å². The van der Waals surface area contributed by atoms with Gasteiger partial charge in [-0.2, -0.15) is 13.2 Å². The zero-order chi connectivity index (χ0) is 19.8. The van der Waals surface area contributed by atoms with Crippen molar-refractivity contribution in [1.82, 2.24) is 19.3 Å². The lowest BCUT2D eigenvalue weighted by Crippen LogP contribution is -2.27. The Bertz CT molecular complexity index is 1010. The third-order valence-electron chi connectivity index (χ3n) is 3.97. The van der Waals surface area contributed by atoms with Crippen LogP contribution in [0.25, 0.3) is 5.65 Å². The zero-order valence-electron chi connectivity index (χ0n) is 14.5. The molecule has 0 atom stereocenters. The van der Waals surface area contributed by atoms with Crippen LogP contribution < -0.4 is 0 Å². The number of ketones is 1. The number of pyridine rings is 2. The van der Waals surface area contributed by atoms with Crippen molar-refractivity contribution in [2.45, 2.75) is 19.6 Å². The molecule has 3 aromatic rings. The molecule has 0 aromatic carbocycles. The normalized spacial score (nSPS) is 11.6. The molecule has 3 rings (SSSR count). The third kappa shape index (κ3) is 3.81. The fourth-order valence-electron chi connectivity index (χ4n) is 2.60. The Morgan fingerprint density at radius 3 is 2.52 bits per heavy atom. The molecule has 27 heavy (non-hydrogen) atoms. The van der Waals surface area contributed by atoms with Gasteiger partial charge >= 0.3 is 6.18 Å². The Labute approximate surface area is 152 Å². The van der Waals surface area contributed by atoms with Crippen LogP contribution in [-0.2, 0) is 12.7 Å². The molecule has 0 radical (unpaired) electrons. The molecule has 0 N–H and O–H groups in total. The van der Waals surface area contributed by atoms with Gasteiger partial charge in [0.05, 0.1) is 23.5 Å². The molecule has 9 heteroatoms. The highest BCUT2D eigenvalue weighted by Gasteiger charge is 2.30. The lowest BCUT2D eigenvalue weighted by atomic mass is 10.2. The average Bonchev–Trinajstić information content (AvgIpc) is 3.04. The van der Waals surface area contributed by atoms with Crippen molar-refractivity contribution >= 4 is 17.3 Å². The molecular formula is C18H15F3N4O2. The van der Waals surface area contributed by atoms with E-state index in [-0.39, 0.29) is 18.0 Å². The van der Waals surface area contributed by atoms with Crippen LogP contribution in [-0.4, -0.2) is 38.0 Å². The summed E-state index contributed by atoms with van der Waals surface area (Å²) in [6.07, 6.45) is -2.26. The van der Waals surface area contributed by atoms with Crippen LogP contribution in [0.1, 0.15) is 39.2 Å². The van der Waals surface area contributed by atoms with Crippen molar-refractivity contribution in [2.75, 3.05) is 7.05 Å². The van der Waals surface area contributed by atoms with Gasteiger partial charge in [-0.05, 0) is 24.3 Å². The fourth-order valence-corrected chi connectivity index (χ4v) is 2.60. The average molecular weight is 376 g/mol. The van der Waals surface area contributed by atoms with Crippen LogP contribution >= 0.6 is 0 Å². The first-order chi connectivity index (χ1) is 12.7. The summed E-state index contributed by atoms with van der Waals surface area (Å²) in [5.74, 6) is -0.603. The number of amides is 1. The van der Waals surface area contributed by atoms with Crippen molar-refractivity contribution in [3.05, 3.63) is 65.4 Å². The molecule has 0 aliphatic heterocycles. The SMILES string of the molecule is CC(=O)c1cccc2nc(C(=O)N(C)Cc3ccc(C(F)(F)F)cn3)cn12. The van der Waals surface area contributed by atoms with Gasteiger partial charge in [0.2, 0.25) is 0 Å². The number of hydrogen-bond acceptors (Lipinski definition) is 4. The van der Waals surface area contributed by atoms with E-state index in [1.54, 1.807) is 18.2 Å². The molecule has 0 saturated heterocycles. The van der Waals surface area contributed by atoms with Gasteiger partial charge in [-0.15, -0.1) is 0 Å². The summed E-state index contributed by atoms with van der Waals surface area (Å²) in [6, 6.07) is 7.11. The van der Waals surface area contributed by atoms with Crippen molar-refractivity contribution in [1.29, 1.82) is 0 Å². The number of fused-ring (bicyclic) bond motifs is 1. The lowest BCUT2D eigenvalue weighted by Gasteiger charge is -2.15. The van der Waals surface area contributed by atoms with E-state index in [1.165, 1.54) is 35.5 Å². The van der Waals surface area contributed by atoms with Crippen LogP contribution in [0.3, 0.4) is 0 Å². The minimum Gasteiger partial charge on any atom is -0.334 e. The number of carbonyl (C=O) groups excluding carboxylic acids is 2. The minimum absolute atomic E-state index is 0.0183. The predicted molar refractivity (Wildman–Crippen MR) is 90.2 cm³/mol. The number of carbonyl (C=O) groups is 2. The maximum absolute atomic E-state index is 12.6. The Kier molecular flexibility index (Phi) is 4.69. The molecule has 1 amide bonds. The highest BCUT2D eigenvalue weighted by molar-refractivity contribution is 5.95. The summed E-state index contributed by atoms with van der Waals surface area (Å²) >= 11 is 0. The maximum Gasteiger partial charge on any atom is 0.417 e. The van der Waals surface area contributed by atoms with Crippen molar-refractivity contribution in [3.63, 3.8) is 0 Å². The lowest BCUT2D eigenvalue weighted by molar-refractivity contribution is -0.137. The van der Waals surface area contributed by atoms with Crippen LogP contribution in [0.5, 0.6) is 0 Å². The number of rotatable bonds is 4. The topological polar surface area (TPSA) is 67.6 Å². The first kappa shape index (κ1) is 18.6. The van der Waals surface area contributed by atoms with E-state index in [9.17, 15) is 22.8 Å². The largest absolute Gasteiger partial charge is 0.417 e. The van der Waals surface area contributed by atoms with Gasteiger partial charge in [-0.25, -0.2) is 4.98 Å². The van der Waals surface area contributed by atoms with E-state index in [1.807, 2.05) is 0 Å². The van der Waals surface area contributed by atoms with E-state index in [4.69, 9.17) is 0 Å². The van der Waals surface area contributed by atoms with Gasteiger partial charge in [0.15, 0.2) is 5.78 Å². The smallest absolute Gasteiger partial charge is 0.334 e. The van der Waals surface area contributed by atoms with Crippen molar-refractivity contribution in [2.24, 2.45) is 0 Å². The molecule has 0 bridgehead atoms. The van der Waals surface area contributed by atoms with Gasteiger partial charge in [0.1, 0.15) is 11.3 Å². The third-order valence-corrected chi connectivity index (χ3v) is 3.97. The molecule has 0 unspecified atom stereocenters. The molecular weight excluding hydrogens is 361 g/mol. The summed E-state index contributed by atoms with van der Waals surface area (Å²) in [5.41, 5.74) is 0.431. The summed E-state index contributed by atoms with van der Waals surface area (Å²) in [6.45, 7) is 1.43. The quantitative estimate of drug-likeness (QED) is 0.656. The fraction of sp³-hybridized carbons (Fsp3) is 0.222. The summed E-state index contributed by atoms with van der Waals surface area (Å²) in [5, 5.41) is 0. The molecule has 0 spiro atoms. The predicted octanol–water partition coefficient (Wildman–Crippen LogP) is 3.22. The number of nitrogens with zero attached hydrogens (tertiary/aromatic N) is 4. The summed E-state index contributed by atoms with van der Waals surface area (Å²) in [7, 11) is 1.50. The number of alkyl halides is 3. The number of Topliss-reactive ketones (excluding diaryl/α,β-unsaturated/α-hetero) is 1. The Balaban J connectivity index is 1.80. The van der Waals surface area contributed by atoms with E-state index in [0.717, 1.165) is 12.3 Å². The summed E-state index contributed by atoms with van der Waals surface area (Å²) in [4.78, 5) is 33.5. The van der Waals surface area contributed by atoms with Crippen LogP contribution in [0, 0.1) is 0 Å². The summed E-state index contributed by atoms with van der Waals surface area (Å²) < 4.78 is 39.3. The second-order valence-electron chi connectivity index (χ2n) is 6.02. The molecule has 0 aliphatic carbocycles. The van der Waals surface area contributed by atoms with Crippen LogP contribution in [0.15, 0.2) is 42.7 Å². The monoisotopic (exact) mass is 376 g/mol. The van der Waals surface area contributed by atoms with E-state index < -0.39 is 17.6 Å². The number of imidazole rings is 1. The standard InChI is InChI=1S/C18H15F3N4O2/c1-11(26)15-4-3-5-16-23-14(10-25(15)16)17(27)24(2)9-13-7-6-12(8-22-13)18(19,20)21/h3-8,10H,9H2,1-2H3. The number of aromatic nitrogens is 3. The maximum atomic E-state index is 12.6. The molecule has 0 fully saturated rings. The second kappa shape index (κ2) is 6.82. The molecule has 140 valence electrons. The van der Waals surface area contributed by atoms with Gasteiger partial charge in [0, 0.05) is 26.4 Å². The van der Waals surface area contributed by atoms with Gasteiger partial charge in [-0.1, -0.05) is 6.07 Å². The van der Waals surface area contributed by atoms with Gasteiger partial charge in [0.25, 0.3) is 5.91 Å². The van der Waals surface area contributed by atoms with Crippen molar-refractivity contribution < 1.29 is 22.8 Å². The Hall–Kier alpha value is -3.23. The van der Waals surface area contributed by atoms with E-state index in [2.05, 4.69) is 9.97 Å². The molecule has 6 nitrogen and oxygen atoms in total. The Morgan fingerprint density at radius 2 is 1.93 bits per heavy atom. The first-order valence-corrected chi connectivity index (χ1v) is 7.93.